The summed E-state index contributed by atoms with van der Waals surface area (Å²) in [5.74, 6) is 0.230. The molecule has 6 nitrogen and oxygen atoms in total. The molecule has 0 aromatic heterocycles. The van der Waals surface area contributed by atoms with Crippen molar-refractivity contribution in [2.24, 2.45) is 5.92 Å². The highest BCUT2D eigenvalue weighted by molar-refractivity contribution is 5.95. The van der Waals surface area contributed by atoms with Crippen LogP contribution in [0.5, 0.6) is 0 Å². The Morgan fingerprint density at radius 1 is 1.05 bits per heavy atom. The van der Waals surface area contributed by atoms with Gasteiger partial charge < -0.3 is 16.0 Å². The molecule has 2 rings (SSSR count). The summed E-state index contributed by atoms with van der Waals surface area (Å²) in [7, 11) is 0. The summed E-state index contributed by atoms with van der Waals surface area (Å²) >= 11 is 0. The third-order valence-electron chi connectivity index (χ3n) is 3.21. The molecule has 0 spiro atoms. The first-order valence-electron chi connectivity index (χ1n) is 7.00. The number of urea groups is 1. The largest absolute Gasteiger partial charge is 0.354 e. The highest BCUT2D eigenvalue weighted by atomic mass is 16.2. The number of hydrogen-bond acceptors (Lipinski definition) is 3. The Morgan fingerprint density at radius 2 is 1.67 bits per heavy atom. The van der Waals surface area contributed by atoms with Crippen LogP contribution < -0.4 is 16.0 Å². The summed E-state index contributed by atoms with van der Waals surface area (Å²) in [4.78, 5) is 34.1. The molecule has 3 N–H and O–H groups in total. The second kappa shape index (κ2) is 6.88. The fraction of sp³-hybridized carbons (Fsp3) is 0.400. The van der Waals surface area contributed by atoms with Crippen LogP contribution in [-0.2, 0) is 4.79 Å². The smallest absolute Gasteiger partial charge is 0.319 e. The van der Waals surface area contributed by atoms with E-state index in [-0.39, 0.29) is 23.6 Å². The van der Waals surface area contributed by atoms with Crippen molar-refractivity contribution >= 4 is 23.4 Å². The number of anilines is 1. The van der Waals surface area contributed by atoms with Gasteiger partial charge in [-0.25, -0.2) is 4.79 Å². The quantitative estimate of drug-likeness (QED) is 0.548. The zero-order valence-electron chi connectivity index (χ0n) is 11.9. The summed E-state index contributed by atoms with van der Waals surface area (Å²) < 4.78 is 0. The summed E-state index contributed by atoms with van der Waals surface area (Å²) in [5, 5.41) is 8.07. The van der Waals surface area contributed by atoms with E-state index in [4.69, 9.17) is 0 Å². The van der Waals surface area contributed by atoms with E-state index in [9.17, 15) is 14.4 Å². The Morgan fingerprint density at radius 3 is 2.24 bits per heavy atom. The van der Waals surface area contributed by atoms with Gasteiger partial charge in [-0.15, -0.1) is 0 Å². The van der Waals surface area contributed by atoms with Crippen LogP contribution in [0.1, 0.15) is 30.1 Å². The lowest BCUT2D eigenvalue weighted by Gasteiger charge is -2.08. The lowest BCUT2D eigenvalue weighted by atomic mass is 10.1. The normalized spacial score (nSPS) is 13.4. The van der Waals surface area contributed by atoms with Crippen LogP contribution in [0, 0.1) is 5.92 Å². The van der Waals surface area contributed by atoms with Gasteiger partial charge in [0.25, 0.3) is 0 Å². The fourth-order valence-electron chi connectivity index (χ4n) is 1.82. The van der Waals surface area contributed by atoms with E-state index in [1.165, 1.54) is 6.92 Å². The van der Waals surface area contributed by atoms with E-state index in [0.29, 0.717) is 24.3 Å². The maximum Gasteiger partial charge on any atom is 0.319 e. The zero-order valence-corrected chi connectivity index (χ0v) is 11.9. The van der Waals surface area contributed by atoms with Crippen molar-refractivity contribution in [1.82, 2.24) is 10.6 Å². The molecule has 1 fully saturated rings. The summed E-state index contributed by atoms with van der Waals surface area (Å²) in [6.07, 6.45) is 1.94. The summed E-state index contributed by atoms with van der Waals surface area (Å²) in [5.41, 5.74) is 1.21. The van der Waals surface area contributed by atoms with Gasteiger partial charge in [0.1, 0.15) is 0 Å². The molecule has 21 heavy (non-hydrogen) atoms. The van der Waals surface area contributed by atoms with Gasteiger partial charge in [-0.2, -0.15) is 0 Å². The van der Waals surface area contributed by atoms with E-state index in [1.807, 2.05) is 0 Å². The average Bonchev–Trinajstić information content (AvgIpc) is 3.28. The first-order chi connectivity index (χ1) is 10.1. The third-order valence-corrected chi connectivity index (χ3v) is 3.21. The van der Waals surface area contributed by atoms with Gasteiger partial charge >= 0.3 is 6.03 Å². The number of carbonyl (C=O) groups is 3. The highest BCUT2D eigenvalue weighted by Gasteiger charge is 2.28. The lowest BCUT2D eigenvalue weighted by Crippen LogP contribution is -2.37. The first-order valence-corrected chi connectivity index (χ1v) is 7.00. The maximum absolute atomic E-state index is 11.6. The average molecular weight is 289 g/mol. The number of nitrogens with one attached hydrogen (secondary N) is 3. The number of hydrogen-bond donors (Lipinski definition) is 3. The fourth-order valence-corrected chi connectivity index (χ4v) is 1.82. The number of benzene rings is 1. The van der Waals surface area contributed by atoms with Gasteiger partial charge in [0.15, 0.2) is 5.78 Å². The Bertz CT molecular complexity index is 536. The molecular formula is C15H19N3O3. The van der Waals surface area contributed by atoms with E-state index >= 15 is 0 Å². The molecule has 1 saturated carbocycles. The number of ketones is 1. The van der Waals surface area contributed by atoms with Gasteiger partial charge in [-0.1, -0.05) is 0 Å². The standard InChI is InChI=1S/C15H19N3O3/c1-10(19)11-4-6-13(7-5-11)18-15(21)17-9-8-16-14(20)12-2-3-12/h4-7,12H,2-3,8-9H2,1H3,(H,16,20)(H2,17,18,21). The van der Waals surface area contributed by atoms with Gasteiger partial charge in [-0.3, -0.25) is 9.59 Å². The topological polar surface area (TPSA) is 87.3 Å². The summed E-state index contributed by atoms with van der Waals surface area (Å²) in [6, 6.07) is 6.32. The molecule has 112 valence electrons. The second-order valence-electron chi connectivity index (χ2n) is 5.08. The predicted octanol–water partition coefficient (Wildman–Crippen LogP) is 1.54. The molecular weight excluding hydrogens is 270 g/mol. The van der Waals surface area contributed by atoms with Gasteiger partial charge in [-0.05, 0) is 44.0 Å². The monoisotopic (exact) mass is 289 g/mol. The molecule has 0 atom stereocenters. The Balaban J connectivity index is 1.66. The first kappa shape index (κ1) is 15.0. The van der Waals surface area contributed by atoms with Crippen molar-refractivity contribution in [2.45, 2.75) is 19.8 Å². The van der Waals surface area contributed by atoms with Gasteiger partial charge in [0, 0.05) is 30.3 Å². The molecule has 0 saturated heterocycles. The number of rotatable bonds is 6. The van der Waals surface area contributed by atoms with Crippen molar-refractivity contribution < 1.29 is 14.4 Å². The molecule has 1 aromatic carbocycles. The molecule has 0 radical (unpaired) electrons. The Labute approximate surface area is 123 Å². The van der Waals surface area contributed by atoms with Crippen molar-refractivity contribution in [3.05, 3.63) is 29.8 Å². The summed E-state index contributed by atoms with van der Waals surface area (Å²) in [6.45, 7) is 2.28. The Kier molecular flexibility index (Phi) is 4.92. The van der Waals surface area contributed by atoms with E-state index in [0.717, 1.165) is 12.8 Å². The minimum absolute atomic E-state index is 0.0163. The molecule has 1 aromatic rings. The van der Waals surface area contributed by atoms with Crippen molar-refractivity contribution in [1.29, 1.82) is 0 Å². The molecule has 1 aliphatic rings. The van der Waals surface area contributed by atoms with Crippen molar-refractivity contribution in [3.63, 3.8) is 0 Å². The zero-order chi connectivity index (χ0) is 15.2. The van der Waals surface area contributed by atoms with Crippen LogP contribution in [0.4, 0.5) is 10.5 Å². The number of Topliss-reactive ketones (excluding diaryl/α,β-unsaturated/α-hetero) is 1. The molecule has 0 unspecified atom stereocenters. The van der Waals surface area contributed by atoms with Crippen LogP contribution in [0.3, 0.4) is 0 Å². The molecule has 6 heteroatoms. The van der Waals surface area contributed by atoms with Gasteiger partial charge in [0.05, 0.1) is 0 Å². The van der Waals surface area contributed by atoms with Crippen LogP contribution in [0.15, 0.2) is 24.3 Å². The van der Waals surface area contributed by atoms with Crippen molar-refractivity contribution in [2.75, 3.05) is 18.4 Å². The van der Waals surface area contributed by atoms with E-state index < -0.39 is 0 Å². The number of amides is 3. The maximum atomic E-state index is 11.6. The third kappa shape index (κ3) is 4.91. The van der Waals surface area contributed by atoms with Crippen molar-refractivity contribution in [3.8, 4) is 0 Å². The molecule has 0 heterocycles. The predicted molar refractivity (Wildman–Crippen MR) is 79.2 cm³/mol. The molecule has 0 bridgehead atoms. The van der Waals surface area contributed by atoms with Crippen LogP contribution in [-0.4, -0.2) is 30.8 Å². The van der Waals surface area contributed by atoms with Crippen LogP contribution in [0.2, 0.25) is 0 Å². The molecule has 1 aliphatic carbocycles. The lowest BCUT2D eigenvalue weighted by molar-refractivity contribution is -0.122. The molecule has 0 aliphatic heterocycles. The molecule has 3 amide bonds. The minimum atomic E-state index is -0.341. The van der Waals surface area contributed by atoms with E-state index in [2.05, 4.69) is 16.0 Å². The van der Waals surface area contributed by atoms with Gasteiger partial charge in [0.2, 0.25) is 5.91 Å². The van der Waals surface area contributed by atoms with E-state index in [1.54, 1.807) is 24.3 Å². The van der Waals surface area contributed by atoms with Crippen LogP contribution in [0.25, 0.3) is 0 Å². The highest BCUT2D eigenvalue weighted by Crippen LogP contribution is 2.28. The second-order valence-corrected chi connectivity index (χ2v) is 5.08. The minimum Gasteiger partial charge on any atom is -0.354 e. The van der Waals surface area contributed by atoms with Crippen LogP contribution >= 0.6 is 0 Å². The Hall–Kier alpha value is -2.37. The number of carbonyl (C=O) groups excluding carboxylic acids is 3. The SMILES string of the molecule is CC(=O)c1ccc(NC(=O)NCCNC(=O)C2CC2)cc1.